The molecule has 1 fully saturated rings. The number of ether oxygens (including phenoxy) is 1. The van der Waals surface area contributed by atoms with E-state index in [4.69, 9.17) is 4.74 Å². The van der Waals surface area contributed by atoms with Crippen molar-refractivity contribution >= 4 is 5.91 Å². The van der Waals surface area contributed by atoms with Gasteiger partial charge in [0.1, 0.15) is 0 Å². The SMILES string of the molecule is Cc1ccc(-c2c3c(n(CC4CCOCC4)c2-c2ccncc2)CCNC3=O)c(C)c1. The fourth-order valence-corrected chi connectivity index (χ4v) is 5.11. The van der Waals surface area contributed by atoms with E-state index in [1.807, 2.05) is 12.4 Å². The number of hydrogen-bond acceptors (Lipinski definition) is 3. The molecule has 1 N–H and O–H groups in total. The highest BCUT2D eigenvalue weighted by Gasteiger charge is 2.32. The van der Waals surface area contributed by atoms with E-state index in [1.54, 1.807) is 0 Å². The number of fused-ring (bicyclic) bond motifs is 1. The second-order valence-corrected chi connectivity index (χ2v) is 8.77. The molecule has 5 rings (SSSR count). The van der Waals surface area contributed by atoms with Gasteiger partial charge in [0.25, 0.3) is 5.91 Å². The number of aromatic nitrogens is 2. The molecule has 0 bridgehead atoms. The van der Waals surface area contributed by atoms with Gasteiger partial charge in [-0.25, -0.2) is 0 Å². The van der Waals surface area contributed by atoms with Gasteiger partial charge in [-0.15, -0.1) is 0 Å². The van der Waals surface area contributed by atoms with E-state index >= 15 is 0 Å². The zero-order chi connectivity index (χ0) is 21.4. The summed E-state index contributed by atoms with van der Waals surface area (Å²) < 4.78 is 8.04. The summed E-state index contributed by atoms with van der Waals surface area (Å²) in [6.45, 7) is 7.50. The molecule has 2 aromatic heterocycles. The van der Waals surface area contributed by atoms with E-state index in [0.29, 0.717) is 12.5 Å². The Kier molecular flexibility index (Phi) is 5.36. The summed E-state index contributed by atoms with van der Waals surface area (Å²) >= 11 is 0. The lowest BCUT2D eigenvalue weighted by Gasteiger charge is -2.26. The summed E-state index contributed by atoms with van der Waals surface area (Å²) in [5.41, 5.74) is 8.88. The molecule has 0 unspecified atom stereocenters. The fourth-order valence-electron chi connectivity index (χ4n) is 5.11. The van der Waals surface area contributed by atoms with Gasteiger partial charge in [-0.2, -0.15) is 0 Å². The Balaban J connectivity index is 1.78. The Labute approximate surface area is 183 Å². The average molecular weight is 416 g/mol. The molecule has 31 heavy (non-hydrogen) atoms. The summed E-state index contributed by atoms with van der Waals surface area (Å²) in [6, 6.07) is 10.6. The first-order valence-electron chi connectivity index (χ1n) is 11.2. The van der Waals surface area contributed by atoms with Crippen LogP contribution in [0.5, 0.6) is 0 Å². The molecule has 0 aliphatic carbocycles. The quantitative estimate of drug-likeness (QED) is 0.680. The lowest BCUT2D eigenvalue weighted by Crippen LogP contribution is -2.33. The largest absolute Gasteiger partial charge is 0.381 e. The molecule has 0 spiro atoms. The van der Waals surface area contributed by atoms with Crippen LogP contribution >= 0.6 is 0 Å². The number of pyridine rings is 1. The molecule has 2 aliphatic rings. The predicted molar refractivity (Wildman–Crippen MR) is 122 cm³/mol. The van der Waals surface area contributed by atoms with E-state index in [-0.39, 0.29) is 5.91 Å². The number of rotatable bonds is 4. The number of hydrogen-bond donors (Lipinski definition) is 1. The predicted octanol–water partition coefficient (Wildman–Crippen LogP) is 4.55. The van der Waals surface area contributed by atoms with Crippen LogP contribution in [-0.4, -0.2) is 35.2 Å². The van der Waals surface area contributed by atoms with Crippen molar-refractivity contribution in [1.29, 1.82) is 0 Å². The molecule has 4 heterocycles. The Morgan fingerprint density at radius 2 is 1.87 bits per heavy atom. The van der Waals surface area contributed by atoms with Crippen molar-refractivity contribution in [1.82, 2.24) is 14.9 Å². The van der Waals surface area contributed by atoms with Gasteiger partial charge < -0.3 is 14.6 Å². The van der Waals surface area contributed by atoms with Gasteiger partial charge in [-0.05, 0) is 55.9 Å². The fraction of sp³-hybridized carbons (Fsp3) is 0.385. The molecule has 160 valence electrons. The minimum absolute atomic E-state index is 0.0391. The number of carbonyl (C=O) groups is 1. The Morgan fingerprint density at radius 1 is 1.10 bits per heavy atom. The van der Waals surface area contributed by atoms with Crippen LogP contribution in [0.25, 0.3) is 22.4 Å². The van der Waals surface area contributed by atoms with Gasteiger partial charge in [0.05, 0.1) is 11.3 Å². The maximum Gasteiger partial charge on any atom is 0.253 e. The summed E-state index contributed by atoms with van der Waals surface area (Å²) in [5, 5.41) is 3.09. The average Bonchev–Trinajstić information content (AvgIpc) is 3.10. The highest BCUT2D eigenvalue weighted by atomic mass is 16.5. The maximum atomic E-state index is 13.2. The summed E-state index contributed by atoms with van der Waals surface area (Å²) in [5.74, 6) is 0.597. The third kappa shape index (κ3) is 3.68. The van der Waals surface area contributed by atoms with Gasteiger partial charge in [-0.3, -0.25) is 9.78 Å². The molecule has 3 aromatic rings. The molecule has 5 nitrogen and oxygen atoms in total. The van der Waals surface area contributed by atoms with Crippen molar-refractivity contribution in [2.45, 2.75) is 39.7 Å². The number of aryl methyl sites for hydroxylation is 2. The molecular weight excluding hydrogens is 386 g/mol. The highest BCUT2D eigenvalue weighted by Crippen LogP contribution is 2.42. The van der Waals surface area contributed by atoms with Crippen LogP contribution in [0.4, 0.5) is 0 Å². The van der Waals surface area contributed by atoms with Crippen LogP contribution in [0.1, 0.15) is 40.0 Å². The summed E-state index contributed by atoms with van der Waals surface area (Å²) in [4.78, 5) is 17.4. The smallest absolute Gasteiger partial charge is 0.253 e. The van der Waals surface area contributed by atoms with Crippen LogP contribution in [0.3, 0.4) is 0 Å². The number of amides is 1. The maximum absolute atomic E-state index is 13.2. The summed E-state index contributed by atoms with van der Waals surface area (Å²) in [6.07, 6.45) is 6.66. The van der Waals surface area contributed by atoms with Gasteiger partial charge in [0.15, 0.2) is 0 Å². The Hall–Kier alpha value is -2.92. The van der Waals surface area contributed by atoms with Crippen molar-refractivity contribution in [3.05, 3.63) is 65.1 Å². The van der Waals surface area contributed by atoms with E-state index in [1.165, 1.54) is 11.1 Å². The Morgan fingerprint density at radius 3 is 2.61 bits per heavy atom. The van der Waals surface area contributed by atoms with Gasteiger partial charge >= 0.3 is 0 Å². The number of benzene rings is 1. The van der Waals surface area contributed by atoms with Gasteiger partial charge in [0.2, 0.25) is 0 Å². The molecule has 1 amide bonds. The second kappa shape index (κ2) is 8.31. The number of carbonyl (C=O) groups excluding carboxylic acids is 1. The number of nitrogens with one attached hydrogen (secondary N) is 1. The normalized spacial score (nSPS) is 16.8. The molecule has 1 aromatic carbocycles. The zero-order valence-electron chi connectivity index (χ0n) is 18.3. The molecule has 1 saturated heterocycles. The Bertz CT molecular complexity index is 1110. The van der Waals surface area contributed by atoms with Gasteiger partial charge in [-0.1, -0.05) is 23.8 Å². The number of nitrogens with zero attached hydrogens (tertiary/aromatic N) is 2. The molecular formula is C26H29N3O2. The van der Waals surface area contributed by atoms with E-state index in [0.717, 1.165) is 72.7 Å². The standard InChI is InChI=1S/C26H29N3O2/c1-17-3-4-21(18(2)15-17)23-24-22(7-12-28-26(24)30)29(16-19-8-13-31-14-9-19)25(23)20-5-10-27-11-6-20/h3-6,10-11,15,19H,7-9,12-14,16H2,1-2H3,(H,28,30). The van der Waals surface area contributed by atoms with E-state index in [9.17, 15) is 4.79 Å². The van der Waals surface area contributed by atoms with Crippen LogP contribution in [0.2, 0.25) is 0 Å². The molecule has 0 saturated carbocycles. The third-order valence-corrected chi connectivity index (χ3v) is 6.63. The zero-order valence-corrected chi connectivity index (χ0v) is 18.3. The summed E-state index contributed by atoms with van der Waals surface area (Å²) in [7, 11) is 0. The minimum atomic E-state index is 0.0391. The molecule has 0 radical (unpaired) electrons. The molecule has 0 atom stereocenters. The second-order valence-electron chi connectivity index (χ2n) is 8.77. The van der Waals surface area contributed by atoms with Crippen molar-refractivity contribution < 1.29 is 9.53 Å². The van der Waals surface area contributed by atoms with Crippen LogP contribution in [0, 0.1) is 19.8 Å². The van der Waals surface area contributed by atoms with E-state index in [2.05, 4.69) is 59.0 Å². The molecule has 2 aliphatic heterocycles. The van der Waals surface area contributed by atoms with Crippen LogP contribution in [0.15, 0.2) is 42.7 Å². The third-order valence-electron chi connectivity index (χ3n) is 6.63. The van der Waals surface area contributed by atoms with Gasteiger partial charge in [0, 0.05) is 61.9 Å². The minimum Gasteiger partial charge on any atom is -0.381 e. The topological polar surface area (TPSA) is 56.1 Å². The monoisotopic (exact) mass is 415 g/mol. The molecule has 5 heteroatoms. The van der Waals surface area contributed by atoms with Crippen molar-refractivity contribution in [3.8, 4) is 22.4 Å². The first kappa shape index (κ1) is 20.0. The highest BCUT2D eigenvalue weighted by molar-refractivity contribution is 6.07. The van der Waals surface area contributed by atoms with Crippen molar-refractivity contribution in [2.24, 2.45) is 5.92 Å². The first-order chi connectivity index (χ1) is 15.1. The first-order valence-corrected chi connectivity index (χ1v) is 11.2. The van der Waals surface area contributed by atoms with Crippen LogP contribution in [-0.2, 0) is 17.7 Å². The van der Waals surface area contributed by atoms with Crippen molar-refractivity contribution in [3.63, 3.8) is 0 Å². The van der Waals surface area contributed by atoms with E-state index < -0.39 is 0 Å². The van der Waals surface area contributed by atoms with Crippen LogP contribution < -0.4 is 5.32 Å². The lowest BCUT2D eigenvalue weighted by atomic mass is 9.91. The van der Waals surface area contributed by atoms with Crippen molar-refractivity contribution in [2.75, 3.05) is 19.8 Å². The lowest BCUT2D eigenvalue weighted by molar-refractivity contribution is 0.0611.